The van der Waals surface area contributed by atoms with E-state index in [4.69, 9.17) is 4.74 Å². The normalized spacial score (nSPS) is 18.9. The maximum atomic E-state index is 5.27. The summed E-state index contributed by atoms with van der Waals surface area (Å²) in [5, 5.41) is 3.38. The van der Waals surface area contributed by atoms with E-state index >= 15 is 0 Å². The summed E-state index contributed by atoms with van der Waals surface area (Å²) in [5.74, 6) is 1.51. The molecule has 3 nitrogen and oxygen atoms in total. The van der Waals surface area contributed by atoms with Gasteiger partial charge in [-0.15, -0.1) is 0 Å². The fraction of sp³-hybridized carbons (Fsp3) is 0.571. The number of hydrogen-bond acceptors (Lipinski definition) is 3. The summed E-state index contributed by atoms with van der Waals surface area (Å²) in [6, 6.07) is 8.41. The number of rotatable bonds is 4. The molecule has 0 spiro atoms. The van der Waals surface area contributed by atoms with Gasteiger partial charge in [0.05, 0.1) is 7.11 Å². The predicted octanol–water partition coefficient (Wildman–Crippen LogP) is 1.70. The molecule has 1 heterocycles. The van der Waals surface area contributed by atoms with Crippen molar-refractivity contribution in [2.24, 2.45) is 0 Å². The first-order valence-corrected chi connectivity index (χ1v) is 6.36. The lowest BCUT2D eigenvalue weighted by molar-refractivity contribution is 0.230. The minimum atomic E-state index is 0.559. The number of nitrogens with one attached hydrogen (secondary N) is 1. The molecule has 1 fully saturated rings. The van der Waals surface area contributed by atoms with E-state index in [9.17, 15) is 0 Å². The molecule has 2 rings (SSSR count). The first kappa shape index (κ1) is 12.4. The Balaban J connectivity index is 1.95. The quantitative estimate of drug-likeness (QED) is 0.858. The van der Waals surface area contributed by atoms with Gasteiger partial charge in [-0.3, -0.25) is 0 Å². The summed E-state index contributed by atoms with van der Waals surface area (Å²) in [7, 11) is 1.72. The van der Waals surface area contributed by atoms with Crippen LogP contribution in [0.2, 0.25) is 0 Å². The number of ether oxygens (including phenoxy) is 1. The zero-order valence-electron chi connectivity index (χ0n) is 10.8. The molecule has 17 heavy (non-hydrogen) atoms. The Kier molecular flexibility index (Phi) is 4.40. The predicted molar refractivity (Wildman–Crippen MR) is 70.7 cm³/mol. The van der Waals surface area contributed by atoms with Crippen molar-refractivity contribution in [2.75, 3.05) is 39.8 Å². The van der Waals surface area contributed by atoms with Crippen LogP contribution in [-0.4, -0.2) is 44.7 Å². The third-order valence-electron chi connectivity index (χ3n) is 3.40. The largest absolute Gasteiger partial charge is 0.497 e. The van der Waals surface area contributed by atoms with Gasteiger partial charge in [0.1, 0.15) is 5.75 Å². The van der Waals surface area contributed by atoms with Crippen molar-refractivity contribution in [3.8, 4) is 5.75 Å². The van der Waals surface area contributed by atoms with E-state index in [0.29, 0.717) is 5.92 Å². The molecule has 1 saturated heterocycles. The maximum Gasteiger partial charge on any atom is 0.119 e. The van der Waals surface area contributed by atoms with Crippen LogP contribution in [0.1, 0.15) is 18.4 Å². The van der Waals surface area contributed by atoms with Gasteiger partial charge in [-0.25, -0.2) is 0 Å². The smallest absolute Gasteiger partial charge is 0.119 e. The Labute approximate surface area is 104 Å². The molecule has 3 heteroatoms. The first-order chi connectivity index (χ1) is 8.29. The van der Waals surface area contributed by atoms with Gasteiger partial charge in [-0.2, -0.15) is 0 Å². The first-order valence-electron chi connectivity index (χ1n) is 6.36. The number of benzene rings is 1. The molecule has 0 radical (unpaired) electrons. The Hall–Kier alpha value is -1.06. The molecule has 1 N–H and O–H groups in total. The summed E-state index contributed by atoms with van der Waals surface area (Å²) < 4.78 is 5.27. The molecule has 1 aromatic rings. The average Bonchev–Trinajstić information content (AvgIpc) is 2.40. The molecular formula is C14H22N2O. The van der Waals surface area contributed by atoms with Crippen LogP contribution >= 0.6 is 0 Å². The van der Waals surface area contributed by atoms with Crippen LogP contribution in [0.25, 0.3) is 0 Å². The van der Waals surface area contributed by atoms with Gasteiger partial charge in [0.2, 0.25) is 0 Å². The second kappa shape index (κ2) is 6.03. The molecule has 1 unspecified atom stereocenters. The van der Waals surface area contributed by atoms with Crippen molar-refractivity contribution in [1.29, 1.82) is 0 Å². The van der Waals surface area contributed by atoms with Gasteiger partial charge in [-0.1, -0.05) is 19.1 Å². The molecule has 0 saturated carbocycles. The highest BCUT2D eigenvalue weighted by atomic mass is 16.5. The lowest BCUT2D eigenvalue weighted by Gasteiger charge is -2.29. The van der Waals surface area contributed by atoms with E-state index in [-0.39, 0.29) is 0 Å². The van der Waals surface area contributed by atoms with E-state index < -0.39 is 0 Å². The monoisotopic (exact) mass is 234 g/mol. The van der Waals surface area contributed by atoms with Crippen molar-refractivity contribution in [3.05, 3.63) is 29.8 Å². The van der Waals surface area contributed by atoms with Gasteiger partial charge >= 0.3 is 0 Å². The standard InChI is InChI=1S/C14H22N2O/c1-12(11-16-8-6-15-7-9-16)13-4-3-5-14(10-13)17-2/h3-5,10,12,15H,6-9,11H2,1-2H3. The van der Waals surface area contributed by atoms with Crippen LogP contribution < -0.4 is 10.1 Å². The summed E-state index contributed by atoms with van der Waals surface area (Å²) in [4.78, 5) is 2.53. The zero-order chi connectivity index (χ0) is 12.1. The molecular weight excluding hydrogens is 212 g/mol. The Morgan fingerprint density at radius 3 is 2.82 bits per heavy atom. The molecule has 0 aliphatic carbocycles. The minimum Gasteiger partial charge on any atom is -0.497 e. The highest BCUT2D eigenvalue weighted by molar-refractivity contribution is 5.30. The van der Waals surface area contributed by atoms with Crippen molar-refractivity contribution in [3.63, 3.8) is 0 Å². The van der Waals surface area contributed by atoms with Crippen LogP contribution in [-0.2, 0) is 0 Å². The van der Waals surface area contributed by atoms with Crippen LogP contribution in [0, 0.1) is 0 Å². The topological polar surface area (TPSA) is 24.5 Å². The number of hydrogen-bond donors (Lipinski definition) is 1. The molecule has 0 amide bonds. The van der Waals surface area contributed by atoms with Gasteiger partial charge in [0.15, 0.2) is 0 Å². The van der Waals surface area contributed by atoms with Crippen molar-refractivity contribution >= 4 is 0 Å². The Morgan fingerprint density at radius 1 is 1.35 bits per heavy atom. The van der Waals surface area contributed by atoms with E-state index in [1.807, 2.05) is 6.07 Å². The van der Waals surface area contributed by atoms with Gasteiger partial charge < -0.3 is 15.0 Å². The lowest BCUT2D eigenvalue weighted by atomic mass is 10.00. The van der Waals surface area contributed by atoms with Gasteiger partial charge in [-0.05, 0) is 23.6 Å². The van der Waals surface area contributed by atoms with Gasteiger partial charge in [0, 0.05) is 32.7 Å². The molecule has 1 aromatic carbocycles. The molecule has 0 aromatic heterocycles. The molecule has 0 bridgehead atoms. The van der Waals surface area contributed by atoms with Gasteiger partial charge in [0.25, 0.3) is 0 Å². The number of methoxy groups -OCH3 is 1. The molecule has 94 valence electrons. The zero-order valence-corrected chi connectivity index (χ0v) is 10.8. The number of nitrogens with zero attached hydrogens (tertiary/aromatic N) is 1. The fourth-order valence-electron chi connectivity index (χ4n) is 2.33. The van der Waals surface area contributed by atoms with E-state index in [2.05, 4.69) is 35.3 Å². The van der Waals surface area contributed by atoms with Crippen molar-refractivity contribution in [2.45, 2.75) is 12.8 Å². The summed E-state index contributed by atoms with van der Waals surface area (Å²) in [5.41, 5.74) is 1.36. The van der Waals surface area contributed by atoms with Crippen LogP contribution in [0.4, 0.5) is 0 Å². The maximum absolute atomic E-state index is 5.27. The Morgan fingerprint density at radius 2 is 2.12 bits per heavy atom. The lowest BCUT2D eigenvalue weighted by Crippen LogP contribution is -2.44. The SMILES string of the molecule is COc1cccc(C(C)CN2CCNCC2)c1. The third kappa shape index (κ3) is 3.45. The van der Waals surface area contributed by atoms with E-state index in [1.54, 1.807) is 7.11 Å². The highest BCUT2D eigenvalue weighted by Crippen LogP contribution is 2.21. The van der Waals surface area contributed by atoms with Crippen molar-refractivity contribution < 1.29 is 4.74 Å². The number of piperazine rings is 1. The average molecular weight is 234 g/mol. The third-order valence-corrected chi connectivity index (χ3v) is 3.40. The summed E-state index contributed by atoms with van der Waals surface area (Å²) in [6.07, 6.45) is 0. The second-order valence-electron chi connectivity index (χ2n) is 4.73. The highest BCUT2D eigenvalue weighted by Gasteiger charge is 2.14. The fourth-order valence-corrected chi connectivity index (χ4v) is 2.33. The molecule has 1 aliphatic rings. The summed E-state index contributed by atoms with van der Waals surface area (Å²) >= 11 is 0. The van der Waals surface area contributed by atoms with Crippen LogP contribution in [0.15, 0.2) is 24.3 Å². The van der Waals surface area contributed by atoms with E-state index in [0.717, 1.165) is 38.5 Å². The molecule has 1 atom stereocenters. The molecule has 1 aliphatic heterocycles. The minimum absolute atomic E-state index is 0.559. The van der Waals surface area contributed by atoms with Crippen molar-refractivity contribution in [1.82, 2.24) is 10.2 Å². The Bertz CT molecular complexity index is 348. The van der Waals surface area contributed by atoms with Crippen LogP contribution in [0.3, 0.4) is 0 Å². The van der Waals surface area contributed by atoms with Crippen LogP contribution in [0.5, 0.6) is 5.75 Å². The van der Waals surface area contributed by atoms with E-state index in [1.165, 1.54) is 5.56 Å². The summed E-state index contributed by atoms with van der Waals surface area (Å²) in [6.45, 7) is 7.98. The second-order valence-corrected chi connectivity index (χ2v) is 4.73.